The van der Waals surface area contributed by atoms with E-state index in [-0.39, 0.29) is 23.1 Å². The van der Waals surface area contributed by atoms with Gasteiger partial charge in [-0.15, -0.1) is 11.8 Å². The van der Waals surface area contributed by atoms with Crippen LogP contribution in [0.25, 0.3) is 0 Å². The van der Waals surface area contributed by atoms with Crippen LogP contribution in [0.4, 0.5) is 5.82 Å². The van der Waals surface area contributed by atoms with Crippen LogP contribution < -0.4 is 5.32 Å². The van der Waals surface area contributed by atoms with Crippen molar-refractivity contribution in [2.75, 3.05) is 18.1 Å². The number of nitrogens with zero attached hydrogens (tertiary/aromatic N) is 2. The maximum atomic E-state index is 12.6. The van der Waals surface area contributed by atoms with E-state index in [0.29, 0.717) is 23.2 Å². The fourth-order valence-electron chi connectivity index (χ4n) is 3.75. The Morgan fingerprint density at radius 2 is 1.93 bits per heavy atom. The summed E-state index contributed by atoms with van der Waals surface area (Å²) in [7, 11) is 1.89. The van der Waals surface area contributed by atoms with E-state index in [9.17, 15) is 9.59 Å². The number of aryl methyl sites for hydroxylation is 1. The van der Waals surface area contributed by atoms with Crippen molar-refractivity contribution in [3.05, 3.63) is 47.7 Å². The largest absolute Gasteiger partial charge is 0.360 e. The lowest BCUT2D eigenvalue weighted by Crippen LogP contribution is -2.40. The van der Waals surface area contributed by atoms with E-state index in [1.54, 1.807) is 19.9 Å². The highest BCUT2D eigenvalue weighted by Gasteiger charge is 2.27. The van der Waals surface area contributed by atoms with E-state index in [1.807, 2.05) is 18.0 Å². The molecule has 1 aliphatic rings. The number of anilines is 1. The fourth-order valence-corrected chi connectivity index (χ4v) is 4.56. The predicted octanol–water partition coefficient (Wildman–Crippen LogP) is 4.23. The average molecular weight is 416 g/mol. The summed E-state index contributed by atoms with van der Waals surface area (Å²) in [4.78, 5) is 26.7. The molecule has 1 aromatic carbocycles. The molecule has 2 aromatic rings. The normalized spacial score (nSPS) is 20.1. The number of carbonyl (C=O) groups is 2. The number of benzene rings is 1. The van der Waals surface area contributed by atoms with Crippen LogP contribution in [0, 0.1) is 6.92 Å². The van der Waals surface area contributed by atoms with Crippen molar-refractivity contribution >= 4 is 29.4 Å². The van der Waals surface area contributed by atoms with Gasteiger partial charge in [0.1, 0.15) is 5.76 Å². The van der Waals surface area contributed by atoms with Crippen LogP contribution in [0.1, 0.15) is 49.8 Å². The van der Waals surface area contributed by atoms with Gasteiger partial charge < -0.3 is 14.7 Å². The minimum absolute atomic E-state index is 0.0788. The Balaban J connectivity index is 1.41. The molecule has 1 aromatic heterocycles. The molecule has 1 heterocycles. The summed E-state index contributed by atoms with van der Waals surface area (Å²) in [5.41, 5.74) is 1.40. The molecule has 3 rings (SSSR count). The van der Waals surface area contributed by atoms with Crippen LogP contribution in [0.2, 0.25) is 0 Å². The van der Waals surface area contributed by atoms with Crippen molar-refractivity contribution in [2.45, 2.75) is 56.7 Å². The Hall–Kier alpha value is -2.28. The molecule has 0 radical (unpaired) electrons. The lowest BCUT2D eigenvalue weighted by atomic mass is 9.81. The molecular weight excluding hydrogens is 386 g/mol. The van der Waals surface area contributed by atoms with Gasteiger partial charge in [-0.05, 0) is 51.0 Å². The first-order valence-corrected chi connectivity index (χ1v) is 11.1. The molecule has 2 amide bonds. The van der Waals surface area contributed by atoms with Crippen LogP contribution >= 0.6 is 11.8 Å². The van der Waals surface area contributed by atoms with Gasteiger partial charge in [-0.1, -0.05) is 35.5 Å². The molecule has 7 heteroatoms. The number of thioether (sulfide) groups is 1. The third kappa shape index (κ3) is 5.85. The number of carbonyl (C=O) groups excluding carboxylic acids is 2. The van der Waals surface area contributed by atoms with E-state index in [4.69, 9.17) is 4.52 Å². The van der Waals surface area contributed by atoms with Crippen LogP contribution in [0.15, 0.2) is 40.9 Å². The molecule has 29 heavy (non-hydrogen) atoms. The van der Waals surface area contributed by atoms with E-state index in [2.05, 4.69) is 34.7 Å². The molecule has 1 N–H and O–H groups in total. The second kappa shape index (κ2) is 9.96. The SMILES string of the molecule is Cc1cc(NC(=O)C(C)SCC(=O)N(C)C2CCC(c3ccccc3)CC2)no1. The molecule has 1 fully saturated rings. The summed E-state index contributed by atoms with van der Waals surface area (Å²) in [5, 5.41) is 6.12. The van der Waals surface area contributed by atoms with Gasteiger partial charge in [-0.2, -0.15) is 0 Å². The lowest BCUT2D eigenvalue weighted by molar-refractivity contribution is -0.129. The lowest BCUT2D eigenvalue weighted by Gasteiger charge is -2.35. The first-order chi connectivity index (χ1) is 13.9. The average Bonchev–Trinajstić information content (AvgIpc) is 3.16. The van der Waals surface area contributed by atoms with Crippen LogP contribution in [-0.4, -0.2) is 46.0 Å². The van der Waals surface area contributed by atoms with E-state index >= 15 is 0 Å². The van der Waals surface area contributed by atoms with Gasteiger partial charge in [0, 0.05) is 19.2 Å². The highest BCUT2D eigenvalue weighted by Crippen LogP contribution is 2.34. The Morgan fingerprint density at radius 3 is 2.55 bits per heavy atom. The summed E-state index contributed by atoms with van der Waals surface area (Å²) in [6, 6.07) is 12.6. The number of nitrogens with one attached hydrogen (secondary N) is 1. The van der Waals surface area contributed by atoms with E-state index in [1.165, 1.54) is 17.3 Å². The molecule has 0 spiro atoms. The summed E-state index contributed by atoms with van der Waals surface area (Å²) in [5.74, 6) is 1.83. The number of aromatic nitrogens is 1. The molecule has 0 aliphatic heterocycles. The van der Waals surface area contributed by atoms with Gasteiger partial charge in [-0.3, -0.25) is 9.59 Å². The Bertz CT molecular complexity index is 816. The van der Waals surface area contributed by atoms with Gasteiger partial charge in [0.2, 0.25) is 11.8 Å². The standard InChI is InChI=1S/C22H29N3O3S/c1-15-13-20(24-28-15)23-22(27)16(2)29-14-21(26)25(3)19-11-9-18(10-12-19)17-7-5-4-6-8-17/h4-8,13,16,18-19H,9-12,14H2,1-3H3,(H,23,24,27). The summed E-state index contributed by atoms with van der Waals surface area (Å²) >= 11 is 1.35. The smallest absolute Gasteiger partial charge is 0.238 e. The fraction of sp³-hybridized carbons (Fsp3) is 0.500. The molecular formula is C22H29N3O3S. The van der Waals surface area contributed by atoms with Crippen molar-refractivity contribution in [1.82, 2.24) is 10.1 Å². The quantitative estimate of drug-likeness (QED) is 0.732. The van der Waals surface area contributed by atoms with Gasteiger partial charge in [0.15, 0.2) is 5.82 Å². The predicted molar refractivity (Wildman–Crippen MR) is 116 cm³/mol. The zero-order chi connectivity index (χ0) is 20.8. The summed E-state index contributed by atoms with van der Waals surface area (Å²) < 4.78 is 4.95. The minimum Gasteiger partial charge on any atom is -0.360 e. The molecule has 1 aliphatic carbocycles. The molecule has 0 saturated heterocycles. The second-order valence-electron chi connectivity index (χ2n) is 7.69. The van der Waals surface area contributed by atoms with Crippen molar-refractivity contribution in [3.8, 4) is 0 Å². The second-order valence-corrected chi connectivity index (χ2v) is 9.02. The third-order valence-corrected chi connectivity index (χ3v) is 6.74. The van der Waals surface area contributed by atoms with Gasteiger partial charge in [0.05, 0.1) is 11.0 Å². The van der Waals surface area contributed by atoms with Crippen molar-refractivity contribution in [1.29, 1.82) is 0 Å². The molecule has 1 unspecified atom stereocenters. The molecule has 0 bridgehead atoms. The Labute approximate surface area is 176 Å². The van der Waals surface area contributed by atoms with E-state index in [0.717, 1.165) is 25.7 Å². The maximum absolute atomic E-state index is 12.6. The van der Waals surface area contributed by atoms with Crippen LogP contribution in [0.5, 0.6) is 0 Å². The van der Waals surface area contributed by atoms with E-state index < -0.39 is 0 Å². The minimum atomic E-state index is -0.349. The highest BCUT2D eigenvalue weighted by atomic mass is 32.2. The molecule has 156 valence electrons. The van der Waals surface area contributed by atoms with Gasteiger partial charge in [0.25, 0.3) is 0 Å². The molecule has 6 nitrogen and oxygen atoms in total. The maximum Gasteiger partial charge on any atom is 0.238 e. The Morgan fingerprint density at radius 1 is 1.24 bits per heavy atom. The topological polar surface area (TPSA) is 75.4 Å². The number of rotatable bonds is 7. The van der Waals surface area contributed by atoms with Gasteiger partial charge >= 0.3 is 0 Å². The highest BCUT2D eigenvalue weighted by molar-refractivity contribution is 8.01. The monoisotopic (exact) mass is 415 g/mol. The first-order valence-electron chi connectivity index (χ1n) is 10.1. The van der Waals surface area contributed by atoms with Crippen molar-refractivity contribution < 1.29 is 14.1 Å². The van der Waals surface area contributed by atoms with Gasteiger partial charge in [-0.25, -0.2) is 0 Å². The zero-order valence-corrected chi connectivity index (χ0v) is 18.1. The zero-order valence-electron chi connectivity index (χ0n) is 17.3. The summed E-state index contributed by atoms with van der Waals surface area (Å²) in [6.45, 7) is 3.56. The van der Waals surface area contributed by atoms with Crippen molar-refractivity contribution in [3.63, 3.8) is 0 Å². The van der Waals surface area contributed by atoms with Crippen molar-refractivity contribution in [2.24, 2.45) is 0 Å². The first kappa shape index (κ1) is 21.4. The van der Waals surface area contributed by atoms with Crippen LogP contribution in [0.3, 0.4) is 0 Å². The number of hydrogen-bond donors (Lipinski definition) is 1. The number of amides is 2. The molecule has 1 saturated carbocycles. The third-order valence-electron chi connectivity index (χ3n) is 5.61. The molecule has 1 atom stereocenters. The van der Waals surface area contributed by atoms with Crippen LogP contribution in [-0.2, 0) is 9.59 Å². The Kier molecular flexibility index (Phi) is 7.36. The summed E-state index contributed by atoms with van der Waals surface area (Å²) in [6.07, 6.45) is 4.26. The number of hydrogen-bond acceptors (Lipinski definition) is 5.